The van der Waals surface area contributed by atoms with Crippen LogP contribution in [0, 0.1) is 11.3 Å². The predicted octanol–water partition coefficient (Wildman–Crippen LogP) is 3.56. The van der Waals surface area contributed by atoms with Crippen LogP contribution in [0.25, 0.3) is 11.3 Å². The van der Waals surface area contributed by atoms with E-state index in [0.717, 1.165) is 17.7 Å². The summed E-state index contributed by atoms with van der Waals surface area (Å²) in [5.74, 6) is -0.251. The summed E-state index contributed by atoms with van der Waals surface area (Å²) in [5, 5.41) is 15.5. The molecule has 6 heteroatoms. The maximum atomic E-state index is 12.4. The number of nitrogens with two attached hydrogens (primary N) is 1. The molecule has 0 spiro atoms. The standard InChI is InChI=1S/C22H21N5O/c1-2-25-13-15-11-18(12-23)21(26-14-15)16-7-9-17(10-8-16)22(28)27-20-6-4-3-5-19(20)24/h3-11,14,25H,2,13,24H2,1H3,(H,27,28). The van der Waals surface area contributed by atoms with E-state index in [0.29, 0.717) is 34.7 Å². The first kappa shape index (κ1) is 19.1. The Morgan fingerprint density at radius 1 is 1.18 bits per heavy atom. The maximum absolute atomic E-state index is 12.4. The number of nitrogens with zero attached hydrogens (tertiary/aromatic N) is 2. The summed E-state index contributed by atoms with van der Waals surface area (Å²) >= 11 is 0. The molecule has 1 heterocycles. The van der Waals surface area contributed by atoms with Crippen molar-refractivity contribution < 1.29 is 4.79 Å². The number of carbonyl (C=O) groups excluding carboxylic acids is 1. The third-order valence-corrected chi connectivity index (χ3v) is 4.27. The molecule has 1 amide bonds. The van der Waals surface area contributed by atoms with E-state index in [1.807, 2.05) is 25.1 Å². The monoisotopic (exact) mass is 371 g/mol. The fraction of sp³-hybridized carbons (Fsp3) is 0.136. The molecule has 0 aliphatic heterocycles. The molecule has 3 rings (SSSR count). The maximum Gasteiger partial charge on any atom is 0.255 e. The second-order valence-electron chi connectivity index (χ2n) is 6.25. The van der Waals surface area contributed by atoms with Gasteiger partial charge in [0.05, 0.1) is 22.6 Å². The summed E-state index contributed by atoms with van der Waals surface area (Å²) in [6, 6.07) is 18.1. The van der Waals surface area contributed by atoms with E-state index in [1.165, 1.54) is 0 Å². The summed E-state index contributed by atoms with van der Waals surface area (Å²) < 4.78 is 0. The highest BCUT2D eigenvalue weighted by Gasteiger charge is 2.11. The van der Waals surface area contributed by atoms with Gasteiger partial charge in [-0.2, -0.15) is 5.26 Å². The number of pyridine rings is 1. The van der Waals surface area contributed by atoms with Crippen molar-refractivity contribution >= 4 is 17.3 Å². The van der Waals surface area contributed by atoms with Crippen molar-refractivity contribution in [2.75, 3.05) is 17.6 Å². The van der Waals surface area contributed by atoms with Crippen LogP contribution in [-0.4, -0.2) is 17.4 Å². The highest BCUT2D eigenvalue weighted by atomic mass is 16.1. The molecule has 0 atom stereocenters. The van der Waals surface area contributed by atoms with Gasteiger partial charge >= 0.3 is 0 Å². The van der Waals surface area contributed by atoms with Crippen LogP contribution in [0.4, 0.5) is 11.4 Å². The van der Waals surface area contributed by atoms with Crippen molar-refractivity contribution in [3.8, 4) is 17.3 Å². The van der Waals surface area contributed by atoms with Gasteiger partial charge in [-0.05, 0) is 42.4 Å². The third-order valence-electron chi connectivity index (χ3n) is 4.27. The lowest BCUT2D eigenvalue weighted by Gasteiger charge is -2.09. The number of nitriles is 1. The number of carbonyl (C=O) groups is 1. The molecule has 6 nitrogen and oxygen atoms in total. The zero-order valence-electron chi connectivity index (χ0n) is 15.6. The van der Waals surface area contributed by atoms with E-state index in [9.17, 15) is 10.1 Å². The van der Waals surface area contributed by atoms with Gasteiger partial charge in [0.1, 0.15) is 6.07 Å². The van der Waals surface area contributed by atoms with Crippen LogP contribution in [0.2, 0.25) is 0 Å². The lowest BCUT2D eigenvalue weighted by Crippen LogP contribution is -2.13. The molecule has 140 valence electrons. The van der Waals surface area contributed by atoms with Crippen molar-refractivity contribution in [1.29, 1.82) is 5.26 Å². The Bertz CT molecular complexity index is 1020. The summed E-state index contributed by atoms with van der Waals surface area (Å²) in [6.45, 7) is 3.54. The number of aromatic nitrogens is 1. The van der Waals surface area contributed by atoms with Crippen molar-refractivity contribution in [1.82, 2.24) is 10.3 Å². The van der Waals surface area contributed by atoms with Gasteiger partial charge in [0.2, 0.25) is 0 Å². The Balaban J connectivity index is 1.80. The number of nitrogen functional groups attached to an aromatic ring is 1. The number of benzene rings is 2. The number of rotatable bonds is 6. The van der Waals surface area contributed by atoms with Crippen molar-refractivity contribution in [3.63, 3.8) is 0 Å². The smallest absolute Gasteiger partial charge is 0.255 e. The van der Waals surface area contributed by atoms with E-state index in [2.05, 4.69) is 21.7 Å². The number of para-hydroxylation sites is 2. The molecule has 0 aliphatic carbocycles. The van der Waals surface area contributed by atoms with Gasteiger partial charge in [0, 0.05) is 23.9 Å². The Labute approximate surface area is 164 Å². The summed E-state index contributed by atoms with van der Waals surface area (Å²) in [6.07, 6.45) is 1.76. The van der Waals surface area contributed by atoms with E-state index in [1.54, 1.807) is 42.6 Å². The predicted molar refractivity (Wildman–Crippen MR) is 111 cm³/mol. The molecule has 28 heavy (non-hydrogen) atoms. The second-order valence-corrected chi connectivity index (χ2v) is 6.25. The Hall–Kier alpha value is -3.69. The minimum absolute atomic E-state index is 0.251. The molecule has 0 saturated carbocycles. The molecule has 3 aromatic rings. The lowest BCUT2D eigenvalue weighted by molar-refractivity contribution is 0.102. The summed E-state index contributed by atoms with van der Waals surface area (Å²) in [5.41, 5.74) is 10.3. The van der Waals surface area contributed by atoms with Crippen molar-refractivity contribution in [2.24, 2.45) is 0 Å². The van der Waals surface area contributed by atoms with Gasteiger partial charge in [-0.25, -0.2) is 0 Å². The third kappa shape index (κ3) is 4.34. The van der Waals surface area contributed by atoms with Crippen LogP contribution in [0.15, 0.2) is 60.8 Å². The zero-order valence-corrected chi connectivity index (χ0v) is 15.6. The fourth-order valence-corrected chi connectivity index (χ4v) is 2.77. The van der Waals surface area contributed by atoms with Gasteiger partial charge in [-0.3, -0.25) is 9.78 Å². The zero-order chi connectivity index (χ0) is 19.9. The van der Waals surface area contributed by atoms with Crippen LogP contribution < -0.4 is 16.4 Å². The highest BCUT2D eigenvalue weighted by molar-refractivity contribution is 6.05. The first-order chi connectivity index (χ1) is 13.6. The number of amides is 1. The summed E-state index contributed by atoms with van der Waals surface area (Å²) in [7, 11) is 0. The quantitative estimate of drug-likeness (QED) is 0.575. The minimum Gasteiger partial charge on any atom is -0.397 e. The largest absolute Gasteiger partial charge is 0.397 e. The molecule has 0 aliphatic rings. The topological polar surface area (TPSA) is 104 Å². The highest BCUT2D eigenvalue weighted by Crippen LogP contribution is 2.23. The normalized spacial score (nSPS) is 10.3. The number of hydrogen-bond donors (Lipinski definition) is 3. The second kappa shape index (κ2) is 8.80. The molecule has 1 aromatic heterocycles. The van der Waals surface area contributed by atoms with Gasteiger partial charge in [0.25, 0.3) is 5.91 Å². The number of nitrogens with one attached hydrogen (secondary N) is 2. The Morgan fingerprint density at radius 2 is 1.93 bits per heavy atom. The average Bonchev–Trinajstić information content (AvgIpc) is 2.73. The number of hydrogen-bond acceptors (Lipinski definition) is 5. The molecule has 0 unspecified atom stereocenters. The molecule has 4 N–H and O–H groups in total. The van der Waals surface area contributed by atoms with Crippen LogP contribution >= 0.6 is 0 Å². The van der Waals surface area contributed by atoms with Crippen molar-refractivity contribution in [2.45, 2.75) is 13.5 Å². The van der Waals surface area contributed by atoms with Gasteiger partial charge < -0.3 is 16.4 Å². The lowest BCUT2D eigenvalue weighted by atomic mass is 10.0. The number of anilines is 2. The minimum atomic E-state index is -0.251. The SMILES string of the molecule is CCNCc1cnc(-c2ccc(C(=O)Nc3ccccc3N)cc2)c(C#N)c1. The van der Waals surface area contributed by atoms with E-state index >= 15 is 0 Å². The molecule has 0 bridgehead atoms. The molecule has 0 saturated heterocycles. The first-order valence-electron chi connectivity index (χ1n) is 8.98. The molecular weight excluding hydrogens is 350 g/mol. The van der Waals surface area contributed by atoms with Gasteiger partial charge in [0.15, 0.2) is 0 Å². The van der Waals surface area contributed by atoms with E-state index < -0.39 is 0 Å². The first-order valence-corrected chi connectivity index (χ1v) is 8.98. The van der Waals surface area contributed by atoms with Crippen LogP contribution in [0.5, 0.6) is 0 Å². The van der Waals surface area contributed by atoms with E-state index in [4.69, 9.17) is 5.73 Å². The molecule has 0 fully saturated rings. The van der Waals surface area contributed by atoms with Gasteiger partial charge in [-0.15, -0.1) is 0 Å². The average molecular weight is 371 g/mol. The molecule has 2 aromatic carbocycles. The molecular formula is C22H21N5O. The fourth-order valence-electron chi connectivity index (χ4n) is 2.77. The van der Waals surface area contributed by atoms with Crippen LogP contribution in [0.1, 0.15) is 28.4 Å². The van der Waals surface area contributed by atoms with Crippen molar-refractivity contribution in [3.05, 3.63) is 77.5 Å². The van der Waals surface area contributed by atoms with Crippen LogP contribution in [-0.2, 0) is 6.54 Å². The van der Waals surface area contributed by atoms with Crippen LogP contribution in [0.3, 0.4) is 0 Å². The van der Waals surface area contributed by atoms with E-state index in [-0.39, 0.29) is 5.91 Å². The summed E-state index contributed by atoms with van der Waals surface area (Å²) in [4.78, 5) is 16.9. The Kier molecular flexibility index (Phi) is 6.00. The molecule has 0 radical (unpaired) electrons. The van der Waals surface area contributed by atoms with Gasteiger partial charge in [-0.1, -0.05) is 31.2 Å². The Morgan fingerprint density at radius 3 is 2.61 bits per heavy atom.